The number of tetrazole rings is 1. The molecule has 0 aliphatic carbocycles. The van der Waals surface area contributed by atoms with E-state index in [-0.39, 0.29) is 5.91 Å². The standard InChI is InChI=1S/C13H13N5O/c1-2-3-4-5-13(19)15-11-6-8-12(9-7-11)18-10-14-16-17-18/h2-10H,1H3,(H,15,19)/b3-2+,5-4+. The lowest BCUT2D eigenvalue weighted by molar-refractivity contribution is -0.111. The predicted octanol–water partition coefficient (Wildman–Crippen LogP) is 1.73. The van der Waals surface area contributed by atoms with Gasteiger partial charge < -0.3 is 5.32 Å². The molecule has 0 saturated carbocycles. The monoisotopic (exact) mass is 255 g/mol. The summed E-state index contributed by atoms with van der Waals surface area (Å²) in [4.78, 5) is 11.5. The van der Waals surface area contributed by atoms with Crippen molar-refractivity contribution in [1.82, 2.24) is 20.2 Å². The number of hydrogen-bond acceptors (Lipinski definition) is 4. The first kappa shape index (κ1) is 12.7. The van der Waals surface area contributed by atoms with Crippen LogP contribution in [0.25, 0.3) is 5.69 Å². The first-order valence-electron chi connectivity index (χ1n) is 5.73. The molecule has 1 heterocycles. The molecule has 2 aromatic rings. The molecule has 0 aliphatic rings. The molecule has 0 radical (unpaired) electrons. The maximum absolute atomic E-state index is 11.5. The summed E-state index contributed by atoms with van der Waals surface area (Å²) in [5.74, 6) is -0.173. The Morgan fingerprint density at radius 3 is 2.68 bits per heavy atom. The Bertz CT molecular complexity index is 584. The molecule has 1 N–H and O–H groups in total. The molecule has 0 bridgehead atoms. The van der Waals surface area contributed by atoms with Crippen LogP contribution in [0.5, 0.6) is 0 Å². The Morgan fingerprint density at radius 2 is 2.05 bits per heavy atom. The van der Waals surface area contributed by atoms with Gasteiger partial charge in [0.05, 0.1) is 5.69 Å². The van der Waals surface area contributed by atoms with E-state index >= 15 is 0 Å². The minimum atomic E-state index is -0.173. The number of benzene rings is 1. The number of carbonyl (C=O) groups is 1. The summed E-state index contributed by atoms with van der Waals surface area (Å²) in [6.07, 6.45) is 8.30. The maximum Gasteiger partial charge on any atom is 0.248 e. The second-order valence-electron chi connectivity index (χ2n) is 3.68. The minimum Gasteiger partial charge on any atom is -0.323 e. The molecule has 96 valence electrons. The molecule has 2 rings (SSSR count). The first-order valence-corrected chi connectivity index (χ1v) is 5.73. The van der Waals surface area contributed by atoms with Gasteiger partial charge in [0.15, 0.2) is 0 Å². The van der Waals surface area contributed by atoms with E-state index in [2.05, 4.69) is 20.8 Å². The zero-order valence-corrected chi connectivity index (χ0v) is 10.4. The third-order valence-corrected chi connectivity index (χ3v) is 2.30. The number of amides is 1. The zero-order valence-electron chi connectivity index (χ0n) is 10.4. The molecular formula is C13H13N5O. The number of rotatable bonds is 4. The van der Waals surface area contributed by atoms with Crippen molar-refractivity contribution in [2.75, 3.05) is 5.32 Å². The van der Waals surface area contributed by atoms with Crippen molar-refractivity contribution < 1.29 is 4.79 Å². The van der Waals surface area contributed by atoms with Crippen molar-refractivity contribution in [3.05, 3.63) is 54.9 Å². The number of nitrogens with zero attached hydrogens (tertiary/aromatic N) is 4. The maximum atomic E-state index is 11.5. The largest absolute Gasteiger partial charge is 0.323 e. The Labute approximate surface area is 110 Å². The highest BCUT2D eigenvalue weighted by Gasteiger charge is 2.00. The van der Waals surface area contributed by atoms with Gasteiger partial charge in [-0.25, -0.2) is 4.68 Å². The van der Waals surface area contributed by atoms with Crippen LogP contribution in [0.4, 0.5) is 5.69 Å². The number of carbonyl (C=O) groups excluding carboxylic acids is 1. The van der Waals surface area contributed by atoms with E-state index in [1.54, 1.807) is 24.3 Å². The first-order chi connectivity index (χ1) is 9.29. The van der Waals surface area contributed by atoms with E-state index < -0.39 is 0 Å². The van der Waals surface area contributed by atoms with E-state index in [4.69, 9.17) is 0 Å². The van der Waals surface area contributed by atoms with Gasteiger partial charge in [0, 0.05) is 11.8 Å². The Balaban J connectivity index is 2.01. The molecule has 0 fully saturated rings. The van der Waals surface area contributed by atoms with Crippen LogP contribution >= 0.6 is 0 Å². The van der Waals surface area contributed by atoms with Crippen molar-refractivity contribution in [3.8, 4) is 5.69 Å². The highest BCUT2D eigenvalue weighted by Crippen LogP contribution is 2.11. The number of anilines is 1. The zero-order chi connectivity index (χ0) is 13.5. The van der Waals surface area contributed by atoms with Crippen LogP contribution in [0, 0.1) is 0 Å². The van der Waals surface area contributed by atoms with E-state index in [1.165, 1.54) is 17.1 Å². The van der Waals surface area contributed by atoms with Crippen LogP contribution in [0.2, 0.25) is 0 Å². The number of aromatic nitrogens is 4. The molecule has 0 atom stereocenters. The topological polar surface area (TPSA) is 72.7 Å². The summed E-state index contributed by atoms with van der Waals surface area (Å²) in [6, 6.07) is 7.22. The minimum absolute atomic E-state index is 0.173. The van der Waals surface area contributed by atoms with Gasteiger partial charge in [-0.05, 0) is 41.6 Å². The van der Waals surface area contributed by atoms with Crippen molar-refractivity contribution in [3.63, 3.8) is 0 Å². The average molecular weight is 255 g/mol. The van der Waals surface area contributed by atoms with E-state index in [9.17, 15) is 4.79 Å². The molecule has 0 spiro atoms. The van der Waals surface area contributed by atoms with Crippen LogP contribution in [0.1, 0.15) is 6.92 Å². The van der Waals surface area contributed by atoms with Crippen LogP contribution in [0.3, 0.4) is 0 Å². The average Bonchev–Trinajstić information content (AvgIpc) is 2.94. The lowest BCUT2D eigenvalue weighted by Gasteiger charge is -2.03. The van der Waals surface area contributed by atoms with Gasteiger partial charge in [-0.3, -0.25) is 4.79 Å². The molecule has 6 heteroatoms. The Kier molecular flexibility index (Phi) is 4.17. The molecule has 1 aromatic carbocycles. The molecule has 1 amide bonds. The third kappa shape index (κ3) is 3.60. The summed E-state index contributed by atoms with van der Waals surface area (Å²) in [6.45, 7) is 1.89. The Hall–Kier alpha value is -2.76. The fourth-order valence-electron chi connectivity index (χ4n) is 1.42. The van der Waals surface area contributed by atoms with Crippen LogP contribution in [-0.4, -0.2) is 26.1 Å². The Morgan fingerprint density at radius 1 is 1.26 bits per heavy atom. The van der Waals surface area contributed by atoms with Crippen molar-refractivity contribution in [1.29, 1.82) is 0 Å². The van der Waals surface area contributed by atoms with Crippen molar-refractivity contribution in [2.45, 2.75) is 6.92 Å². The fraction of sp³-hybridized carbons (Fsp3) is 0.0769. The summed E-state index contributed by atoms with van der Waals surface area (Å²) < 4.78 is 1.54. The van der Waals surface area contributed by atoms with Gasteiger partial charge in [0.1, 0.15) is 6.33 Å². The molecule has 0 unspecified atom stereocenters. The lowest BCUT2D eigenvalue weighted by Crippen LogP contribution is -2.07. The van der Waals surface area contributed by atoms with E-state index in [0.29, 0.717) is 5.69 Å². The van der Waals surface area contributed by atoms with Crippen LogP contribution < -0.4 is 5.32 Å². The quantitative estimate of drug-likeness (QED) is 0.667. The van der Waals surface area contributed by atoms with Crippen LogP contribution in [-0.2, 0) is 4.79 Å². The van der Waals surface area contributed by atoms with Gasteiger partial charge in [0.2, 0.25) is 5.91 Å². The summed E-state index contributed by atoms with van der Waals surface area (Å²) >= 11 is 0. The number of hydrogen-bond donors (Lipinski definition) is 1. The molecule has 6 nitrogen and oxygen atoms in total. The molecule has 0 saturated heterocycles. The van der Waals surface area contributed by atoms with Gasteiger partial charge in [0.25, 0.3) is 0 Å². The summed E-state index contributed by atoms with van der Waals surface area (Å²) in [5.41, 5.74) is 1.54. The van der Waals surface area contributed by atoms with Gasteiger partial charge in [-0.1, -0.05) is 18.2 Å². The van der Waals surface area contributed by atoms with Crippen molar-refractivity contribution >= 4 is 11.6 Å². The highest BCUT2D eigenvalue weighted by molar-refractivity contribution is 5.99. The van der Waals surface area contributed by atoms with Gasteiger partial charge in [-0.15, -0.1) is 5.10 Å². The summed E-state index contributed by atoms with van der Waals surface area (Å²) in [7, 11) is 0. The third-order valence-electron chi connectivity index (χ3n) is 2.30. The normalized spacial score (nSPS) is 11.2. The molecule has 19 heavy (non-hydrogen) atoms. The number of nitrogens with one attached hydrogen (secondary N) is 1. The smallest absolute Gasteiger partial charge is 0.248 e. The highest BCUT2D eigenvalue weighted by atomic mass is 16.1. The van der Waals surface area contributed by atoms with E-state index in [1.807, 2.05) is 25.1 Å². The second-order valence-corrected chi connectivity index (χ2v) is 3.68. The summed E-state index contributed by atoms with van der Waals surface area (Å²) in [5, 5.41) is 13.6. The SMILES string of the molecule is C/C=C/C=C/C(=O)Nc1ccc(-n2cnnn2)cc1. The van der Waals surface area contributed by atoms with Gasteiger partial charge >= 0.3 is 0 Å². The van der Waals surface area contributed by atoms with Gasteiger partial charge in [-0.2, -0.15) is 0 Å². The van der Waals surface area contributed by atoms with E-state index in [0.717, 1.165) is 5.69 Å². The number of allylic oxidation sites excluding steroid dienone is 3. The van der Waals surface area contributed by atoms with Crippen molar-refractivity contribution in [2.24, 2.45) is 0 Å². The fourth-order valence-corrected chi connectivity index (χ4v) is 1.42. The molecule has 0 aliphatic heterocycles. The predicted molar refractivity (Wildman–Crippen MR) is 71.7 cm³/mol. The second kappa shape index (κ2) is 6.25. The molecular weight excluding hydrogens is 242 g/mol. The molecule has 1 aromatic heterocycles. The van der Waals surface area contributed by atoms with Crippen LogP contribution in [0.15, 0.2) is 54.9 Å². The lowest BCUT2D eigenvalue weighted by atomic mass is 10.3.